The molecule has 0 bridgehead atoms. The van der Waals surface area contributed by atoms with Gasteiger partial charge < -0.3 is 4.74 Å². The second kappa shape index (κ2) is 8.74. The van der Waals surface area contributed by atoms with Gasteiger partial charge in [-0.3, -0.25) is 10.1 Å². The second-order valence-electron chi connectivity index (χ2n) is 8.01. The molecule has 0 saturated heterocycles. The first-order valence-electron chi connectivity index (χ1n) is 9.78. The number of ether oxygens (including phenoxy) is 1. The number of para-hydroxylation sites is 1. The van der Waals surface area contributed by atoms with Crippen molar-refractivity contribution in [1.29, 1.82) is 0 Å². The number of rotatable bonds is 7. The predicted octanol–water partition coefficient (Wildman–Crippen LogP) is 5.95. The third-order valence-corrected chi connectivity index (χ3v) is 5.51. The zero-order chi connectivity index (χ0) is 20.1. The molecular formula is C23H28N2O2S. The number of carbonyl (C=O) groups is 1. The predicted molar refractivity (Wildman–Crippen MR) is 117 cm³/mol. The maximum atomic E-state index is 12.4. The van der Waals surface area contributed by atoms with Crippen molar-refractivity contribution in [2.45, 2.75) is 52.4 Å². The highest BCUT2D eigenvalue weighted by molar-refractivity contribution is 7.22. The summed E-state index contributed by atoms with van der Waals surface area (Å²) in [6, 6.07) is 14.2. The number of hydrogen-bond acceptors (Lipinski definition) is 4. The van der Waals surface area contributed by atoms with E-state index < -0.39 is 0 Å². The first-order valence-corrected chi connectivity index (χ1v) is 10.6. The topological polar surface area (TPSA) is 51.2 Å². The number of anilines is 1. The normalized spacial score (nSPS) is 11.6. The van der Waals surface area contributed by atoms with E-state index >= 15 is 0 Å². The monoisotopic (exact) mass is 396 g/mol. The van der Waals surface area contributed by atoms with Crippen LogP contribution in [0.25, 0.3) is 10.2 Å². The van der Waals surface area contributed by atoms with E-state index in [0.717, 1.165) is 28.0 Å². The molecule has 3 aromatic rings. The molecule has 0 spiro atoms. The maximum absolute atomic E-state index is 12.4. The Labute approximate surface area is 171 Å². The van der Waals surface area contributed by atoms with Gasteiger partial charge in [0, 0.05) is 0 Å². The van der Waals surface area contributed by atoms with Crippen LogP contribution in [0.5, 0.6) is 5.75 Å². The Bertz CT molecular complexity index is 957. The molecule has 1 heterocycles. The van der Waals surface area contributed by atoms with Crippen LogP contribution in [0.3, 0.4) is 0 Å². The van der Waals surface area contributed by atoms with E-state index in [1.54, 1.807) is 0 Å². The minimum atomic E-state index is -0.200. The van der Waals surface area contributed by atoms with Crippen LogP contribution in [0.2, 0.25) is 0 Å². The highest BCUT2D eigenvalue weighted by Crippen LogP contribution is 2.31. The fraction of sp³-hybridized carbons (Fsp3) is 0.391. The molecule has 1 aromatic heterocycles. The fourth-order valence-corrected chi connectivity index (χ4v) is 4.02. The molecule has 1 N–H and O–H groups in total. The van der Waals surface area contributed by atoms with E-state index in [9.17, 15) is 4.79 Å². The molecule has 0 aliphatic rings. The molecule has 28 heavy (non-hydrogen) atoms. The van der Waals surface area contributed by atoms with Crippen molar-refractivity contribution in [3.05, 3.63) is 53.6 Å². The van der Waals surface area contributed by atoms with Gasteiger partial charge in [0.05, 0.1) is 10.2 Å². The molecule has 0 atom stereocenters. The Kier molecular flexibility index (Phi) is 6.35. The van der Waals surface area contributed by atoms with E-state index in [-0.39, 0.29) is 17.9 Å². The summed E-state index contributed by atoms with van der Waals surface area (Å²) in [5, 5.41) is 3.48. The number of thiazole rings is 1. The molecule has 3 rings (SSSR count). The van der Waals surface area contributed by atoms with Crippen LogP contribution in [0.1, 0.15) is 51.7 Å². The van der Waals surface area contributed by atoms with Crippen LogP contribution in [-0.2, 0) is 16.6 Å². The number of hydrogen-bond donors (Lipinski definition) is 1. The standard InChI is InChI=1S/C23H28N2O2S/c1-5-6-9-16-12-13-18-20(14-16)28-22(24-18)25-21(26)15-27-19-11-8-7-10-17(19)23(2,3)4/h7-8,10-14H,5-6,9,15H2,1-4H3,(H,24,25,26). The zero-order valence-electron chi connectivity index (χ0n) is 17.0. The number of benzene rings is 2. The van der Waals surface area contributed by atoms with Crippen LogP contribution >= 0.6 is 11.3 Å². The highest BCUT2D eigenvalue weighted by Gasteiger charge is 2.19. The summed E-state index contributed by atoms with van der Waals surface area (Å²) in [6.07, 6.45) is 3.44. The third-order valence-electron chi connectivity index (χ3n) is 4.57. The summed E-state index contributed by atoms with van der Waals surface area (Å²) in [5.41, 5.74) is 3.27. The van der Waals surface area contributed by atoms with Crippen LogP contribution in [0.15, 0.2) is 42.5 Å². The molecular weight excluding hydrogens is 368 g/mol. The molecule has 148 valence electrons. The van der Waals surface area contributed by atoms with Gasteiger partial charge in [0.15, 0.2) is 11.7 Å². The lowest BCUT2D eigenvalue weighted by atomic mass is 9.86. The van der Waals surface area contributed by atoms with E-state index in [2.05, 4.69) is 50.1 Å². The number of aromatic nitrogens is 1. The number of fused-ring (bicyclic) bond motifs is 1. The molecule has 0 aliphatic heterocycles. The average molecular weight is 397 g/mol. The molecule has 4 nitrogen and oxygen atoms in total. The van der Waals surface area contributed by atoms with Crippen LogP contribution < -0.4 is 10.1 Å². The molecule has 0 radical (unpaired) electrons. The average Bonchev–Trinajstić information content (AvgIpc) is 3.05. The van der Waals surface area contributed by atoms with Crippen molar-refractivity contribution in [3.63, 3.8) is 0 Å². The lowest BCUT2D eigenvalue weighted by molar-refractivity contribution is -0.118. The first kappa shape index (κ1) is 20.3. The Morgan fingerprint density at radius 1 is 1.18 bits per heavy atom. The van der Waals surface area contributed by atoms with E-state index in [4.69, 9.17) is 4.74 Å². The third kappa shape index (κ3) is 5.10. The van der Waals surface area contributed by atoms with Crippen molar-refractivity contribution in [3.8, 4) is 5.75 Å². The van der Waals surface area contributed by atoms with Gasteiger partial charge in [0.2, 0.25) is 0 Å². The van der Waals surface area contributed by atoms with E-state index in [0.29, 0.717) is 5.13 Å². The minimum Gasteiger partial charge on any atom is -0.483 e. The van der Waals surface area contributed by atoms with Gasteiger partial charge in [-0.25, -0.2) is 4.98 Å². The van der Waals surface area contributed by atoms with Gasteiger partial charge in [0.1, 0.15) is 5.75 Å². The number of amides is 1. The van der Waals surface area contributed by atoms with Gasteiger partial charge >= 0.3 is 0 Å². The number of aryl methyl sites for hydroxylation is 1. The van der Waals surface area contributed by atoms with Crippen molar-refractivity contribution >= 4 is 32.6 Å². The van der Waals surface area contributed by atoms with Crippen molar-refractivity contribution in [2.24, 2.45) is 0 Å². The Morgan fingerprint density at radius 3 is 2.71 bits per heavy atom. The summed E-state index contributed by atoms with van der Waals surface area (Å²) in [4.78, 5) is 16.9. The van der Waals surface area contributed by atoms with Crippen molar-refractivity contribution in [1.82, 2.24) is 4.98 Å². The summed E-state index contributed by atoms with van der Waals surface area (Å²) in [7, 11) is 0. The summed E-state index contributed by atoms with van der Waals surface area (Å²) >= 11 is 1.50. The van der Waals surface area contributed by atoms with E-state index in [1.807, 2.05) is 30.3 Å². The van der Waals surface area contributed by atoms with Crippen LogP contribution in [0, 0.1) is 0 Å². The maximum Gasteiger partial charge on any atom is 0.264 e. The largest absolute Gasteiger partial charge is 0.483 e. The zero-order valence-corrected chi connectivity index (χ0v) is 17.9. The van der Waals surface area contributed by atoms with Crippen LogP contribution in [-0.4, -0.2) is 17.5 Å². The second-order valence-corrected chi connectivity index (χ2v) is 9.04. The smallest absolute Gasteiger partial charge is 0.264 e. The van der Waals surface area contributed by atoms with Crippen molar-refractivity contribution < 1.29 is 9.53 Å². The lowest BCUT2D eigenvalue weighted by Gasteiger charge is -2.22. The van der Waals surface area contributed by atoms with E-state index in [1.165, 1.54) is 29.7 Å². The lowest BCUT2D eigenvalue weighted by Crippen LogP contribution is -2.21. The highest BCUT2D eigenvalue weighted by atomic mass is 32.1. The summed E-state index contributed by atoms with van der Waals surface area (Å²) < 4.78 is 6.90. The Morgan fingerprint density at radius 2 is 1.96 bits per heavy atom. The summed E-state index contributed by atoms with van der Waals surface area (Å²) in [6.45, 7) is 8.55. The number of nitrogens with one attached hydrogen (secondary N) is 1. The molecule has 2 aromatic carbocycles. The molecule has 0 aliphatic carbocycles. The number of unbranched alkanes of at least 4 members (excludes halogenated alkanes) is 1. The van der Waals surface area contributed by atoms with Gasteiger partial charge in [0.25, 0.3) is 5.91 Å². The molecule has 5 heteroatoms. The van der Waals surface area contributed by atoms with Crippen molar-refractivity contribution in [2.75, 3.05) is 11.9 Å². The van der Waals surface area contributed by atoms with Gasteiger partial charge in [-0.15, -0.1) is 0 Å². The van der Waals surface area contributed by atoms with Gasteiger partial charge in [-0.2, -0.15) is 0 Å². The number of nitrogens with zero attached hydrogens (tertiary/aromatic N) is 1. The van der Waals surface area contributed by atoms with Crippen LogP contribution in [0.4, 0.5) is 5.13 Å². The molecule has 1 amide bonds. The minimum absolute atomic E-state index is 0.0369. The number of carbonyl (C=O) groups excluding carboxylic acids is 1. The molecule has 0 fully saturated rings. The van der Waals surface area contributed by atoms with Gasteiger partial charge in [-0.1, -0.05) is 69.7 Å². The Hall–Kier alpha value is -2.40. The SMILES string of the molecule is CCCCc1ccc2nc(NC(=O)COc3ccccc3C(C)(C)C)sc2c1. The summed E-state index contributed by atoms with van der Waals surface area (Å²) in [5.74, 6) is 0.545. The molecule has 0 unspecified atom stereocenters. The van der Waals surface area contributed by atoms with Gasteiger partial charge in [-0.05, 0) is 47.6 Å². The Balaban J connectivity index is 1.64. The fourth-order valence-electron chi connectivity index (χ4n) is 3.07. The quantitative estimate of drug-likeness (QED) is 0.536. The molecule has 0 saturated carbocycles. The first-order chi connectivity index (χ1) is 13.4.